The molecule has 0 unspecified atom stereocenters. The van der Waals surface area contributed by atoms with E-state index in [1.807, 2.05) is 0 Å². The zero-order valence-corrected chi connectivity index (χ0v) is 10.7. The van der Waals surface area contributed by atoms with E-state index in [1.54, 1.807) is 13.8 Å². The van der Waals surface area contributed by atoms with E-state index in [-0.39, 0.29) is 11.4 Å². The van der Waals surface area contributed by atoms with Crippen LogP contribution in [0.5, 0.6) is 0 Å². The van der Waals surface area contributed by atoms with Crippen LogP contribution in [-0.2, 0) is 0 Å². The van der Waals surface area contributed by atoms with Crippen LogP contribution in [0.1, 0.15) is 32.5 Å². The maximum atomic E-state index is 13.5. The summed E-state index contributed by atoms with van der Waals surface area (Å²) in [5.41, 5.74) is -0.376. The highest BCUT2D eigenvalue weighted by Crippen LogP contribution is 2.20. The van der Waals surface area contributed by atoms with Crippen LogP contribution in [0, 0.1) is 19.7 Å². The molecule has 1 heterocycles. The number of aromatic nitrogens is 1. The molecule has 1 amide bonds. The lowest BCUT2D eigenvalue weighted by atomic mass is 10.1. The molecule has 0 atom stereocenters. The molecule has 6 nitrogen and oxygen atoms in total. The number of anilines is 1. The SMILES string of the molecule is Cc1nc(C)c(C(=O)Nc2cccc(F)c2C(=O)O)o1. The fraction of sp³-hybridized carbons (Fsp3) is 0.154. The third-order valence-electron chi connectivity index (χ3n) is 2.59. The summed E-state index contributed by atoms with van der Waals surface area (Å²) < 4.78 is 18.6. The Morgan fingerprint density at radius 3 is 2.60 bits per heavy atom. The first-order valence-electron chi connectivity index (χ1n) is 5.67. The molecule has 0 radical (unpaired) electrons. The molecule has 0 aliphatic rings. The Morgan fingerprint density at radius 2 is 2.05 bits per heavy atom. The smallest absolute Gasteiger partial charge is 0.340 e. The molecular formula is C13H11FN2O4. The first-order chi connectivity index (χ1) is 9.40. The quantitative estimate of drug-likeness (QED) is 0.899. The van der Waals surface area contributed by atoms with Crippen LogP contribution in [0.3, 0.4) is 0 Å². The zero-order chi connectivity index (χ0) is 14.9. The van der Waals surface area contributed by atoms with E-state index < -0.39 is 23.3 Å². The van der Waals surface area contributed by atoms with Gasteiger partial charge in [-0.3, -0.25) is 4.79 Å². The second-order valence-corrected chi connectivity index (χ2v) is 4.07. The summed E-state index contributed by atoms with van der Waals surface area (Å²) in [6.07, 6.45) is 0. The Kier molecular flexibility index (Phi) is 3.51. The lowest BCUT2D eigenvalue weighted by Crippen LogP contribution is -2.16. The second-order valence-electron chi connectivity index (χ2n) is 4.07. The molecular weight excluding hydrogens is 267 g/mol. The lowest BCUT2D eigenvalue weighted by Gasteiger charge is -2.07. The fourth-order valence-electron chi connectivity index (χ4n) is 1.77. The van der Waals surface area contributed by atoms with Gasteiger partial charge in [-0.2, -0.15) is 0 Å². The number of carboxylic acids is 1. The van der Waals surface area contributed by atoms with Gasteiger partial charge in [0, 0.05) is 6.92 Å². The van der Waals surface area contributed by atoms with Crippen molar-refractivity contribution in [3.05, 3.63) is 46.9 Å². The van der Waals surface area contributed by atoms with Gasteiger partial charge >= 0.3 is 5.97 Å². The first-order valence-corrected chi connectivity index (χ1v) is 5.67. The number of nitrogens with zero attached hydrogens (tertiary/aromatic N) is 1. The molecule has 7 heteroatoms. The van der Waals surface area contributed by atoms with Crippen LogP contribution in [-0.4, -0.2) is 22.0 Å². The van der Waals surface area contributed by atoms with Crippen LogP contribution in [0.25, 0.3) is 0 Å². The molecule has 2 N–H and O–H groups in total. The van der Waals surface area contributed by atoms with Gasteiger partial charge in [-0.25, -0.2) is 14.2 Å². The number of aromatic carboxylic acids is 1. The maximum Gasteiger partial charge on any atom is 0.340 e. The molecule has 0 bridgehead atoms. The van der Waals surface area contributed by atoms with E-state index in [0.717, 1.165) is 6.07 Å². The third-order valence-corrected chi connectivity index (χ3v) is 2.59. The predicted molar refractivity (Wildman–Crippen MR) is 67.3 cm³/mol. The summed E-state index contributed by atoms with van der Waals surface area (Å²) in [4.78, 5) is 26.9. The second kappa shape index (κ2) is 5.12. The number of aryl methyl sites for hydroxylation is 2. The van der Waals surface area contributed by atoms with Crippen LogP contribution in [0.2, 0.25) is 0 Å². The van der Waals surface area contributed by atoms with E-state index in [1.165, 1.54) is 12.1 Å². The monoisotopic (exact) mass is 278 g/mol. The minimum absolute atomic E-state index is 0.0388. The molecule has 0 aliphatic carbocycles. The normalized spacial score (nSPS) is 10.3. The van der Waals surface area contributed by atoms with Gasteiger partial charge in [-0.1, -0.05) is 6.07 Å². The van der Waals surface area contributed by atoms with Crippen molar-refractivity contribution in [2.24, 2.45) is 0 Å². The summed E-state index contributed by atoms with van der Waals surface area (Å²) in [7, 11) is 0. The summed E-state index contributed by atoms with van der Waals surface area (Å²) in [6, 6.07) is 3.60. The van der Waals surface area contributed by atoms with Crippen molar-refractivity contribution in [1.29, 1.82) is 0 Å². The van der Waals surface area contributed by atoms with Gasteiger partial charge in [0.05, 0.1) is 11.4 Å². The molecule has 0 spiro atoms. The number of rotatable bonds is 3. The van der Waals surface area contributed by atoms with E-state index in [9.17, 15) is 14.0 Å². The summed E-state index contributed by atoms with van der Waals surface area (Å²) >= 11 is 0. The molecule has 1 aromatic carbocycles. The average molecular weight is 278 g/mol. The number of carbonyl (C=O) groups excluding carboxylic acids is 1. The molecule has 0 saturated heterocycles. The standard InChI is InChI=1S/C13H11FN2O4/c1-6-11(20-7(2)15-6)12(17)16-9-5-3-4-8(14)10(9)13(18)19/h3-5H,1-2H3,(H,16,17)(H,18,19). The van der Waals surface area contributed by atoms with Crippen LogP contribution >= 0.6 is 0 Å². The number of oxazole rings is 1. The van der Waals surface area contributed by atoms with E-state index in [2.05, 4.69) is 10.3 Å². The van der Waals surface area contributed by atoms with Crippen molar-refractivity contribution in [3.8, 4) is 0 Å². The minimum atomic E-state index is -1.47. The third kappa shape index (κ3) is 2.51. The minimum Gasteiger partial charge on any atom is -0.478 e. The number of amides is 1. The Bertz CT molecular complexity index is 694. The van der Waals surface area contributed by atoms with Crippen molar-refractivity contribution in [3.63, 3.8) is 0 Å². The predicted octanol–water partition coefficient (Wildman–Crippen LogP) is 2.38. The first kappa shape index (κ1) is 13.7. The summed E-state index contributed by atoms with van der Waals surface area (Å²) in [5, 5.41) is 11.3. The van der Waals surface area contributed by atoms with E-state index in [0.29, 0.717) is 11.6 Å². The van der Waals surface area contributed by atoms with Crippen molar-refractivity contribution in [2.45, 2.75) is 13.8 Å². The highest BCUT2D eigenvalue weighted by atomic mass is 19.1. The van der Waals surface area contributed by atoms with Gasteiger partial charge in [0.25, 0.3) is 5.91 Å². The molecule has 0 saturated carbocycles. The molecule has 2 rings (SSSR count). The molecule has 20 heavy (non-hydrogen) atoms. The fourth-order valence-corrected chi connectivity index (χ4v) is 1.77. The van der Waals surface area contributed by atoms with Crippen molar-refractivity contribution in [1.82, 2.24) is 4.98 Å². The molecule has 1 aromatic heterocycles. The number of benzene rings is 1. The number of halogens is 1. The Hall–Kier alpha value is -2.70. The van der Waals surface area contributed by atoms with Crippen LogP contribution < -0.4 is 5.32 Å². The molecule has 2 aromatic rings. The number of hydrogen-bond donors (Lipinski definition) is 2. The molecule has 0 fully saturated rings. The number of nitrogens with one attached hydrogen (secondary N) is 1. The Balaban J connectivity index is 2.36. The van der Waals surface area contributed by atoms with E-state index in [4.69, 9.17) is 9.52 Å². The van der Waals surface area contributed by atoms with Crippen molar-refractivity contribution < 1.29 is 23.5 Å². The van der Waals surface area contributed by atoms with Gasteiger partial charge in [0.1, 0.15) is 11.4 Å². The maximum absolute atomic E-state index is 13.5. The highest BCUT2D eigenvalue weighted by molar-refractivity contribution is 6.06. The zero-order valence-electron chi connectivity index (χ0n) is 10.7. The summed E-state index contributed by atoms with van der Waals surface area (Å²) in [6.45, 7) is 3.16. The van der Waals surface area contributed by atoms with Gasteiger partial charge in [0.15, 0.2) is 5.89 Å². The highest BCUT2D eigenvalue weighted by Gasteiger charge is 2.21. The van der Waals surface area contributed by atoms with Crippen molar-refractivity contribution in [2.75, 3.05) is 5.32 Å². The van der Waals surface area contributed by atoms with Gasteiger partial charge in [0.2, 0.25) is 5.76 Å². The Morgan fingerprint density at radius 1 is 1.35 bits per heavy atom. The van der Waals surface area contributed by atoms with Crippen LogP contribution in [0.4, 0.5) is 10.1 Å². The summed E-state index contributed by atoms with van der Waals surface area (Å²) in [5.74, 6) is -2.81. The Labute approximate surface area is 113 Å². The van der Waals surface area contributed by atoms with Gasteiger partial charge < -0.3 is 14.8 Å². The topological polar surface area (TPSA) is 92.4 Å². The van der Waals surface area contributed by atoms with Crippen LogP contribution in [0.15, 0.2) is 22.6 Å². The molecule has 104 valence electrons. The van der Waals surface area contributed by atoms with Gasteiger partial charge in [-0.15, -0.1) is 0 Å². The van der Waals surface area contributed by atoms with Gasteiger partial charge in [-0.05, 0) is 19.1 Å². The van der Waals surface area contributed by atoms with Crippen molar-refractivity contribution >= 4 is 17.6 Å². The number of hydrogen-bond acceptors (Lipinski definition) is 4. The largest absolute Gasteiger partial charge is 0.478 e. The number of carboxylic acid groups (broad SMARTS) is 1. The number of carbonyl (C=O) groups is 2. The molecule has 0 aliphatic heterocycles. The average Bonchev–Trinajstić information content (AvgIpc) is 2.68. The lowest BCUT2D eigenvalue weighted by molar-refractivity contribution is 0.0693. The van der Waals surface area contributed by atoms with E-state index >= 15 is 0 Å².